The third kappa shape index (κ3) is 2.49. The van der Waals surface area contributed by atoms with Gasteiger partial charge in [-0.25, -0.2) is 4.79 Å². The Morgan fingerprint density at radius 3 is 2.81 bits per heavy atom. The number of aromatic nitrogens is 1. The quantitative estimate of drug-likeness (QED) is 0.646. The van der Waals surface area contributed by atoms with Crippen molar-refractivity contribution in [2.45, 2.75) is 18.9 Å². The molecule has 1 aliphatic rings. The van der Waals surface area contributed by atoms with Gasteiger partial charge in [0.15, 0.2) is 0 Å². The molecule has 0 spiro atoms. The van der Waals surface area contributed by atoms with Crippen LogP contribution in [0.5, 0.6) is 0 Å². The van der Waals surface area contributed by atoms with Crippen LogP contribution in [-0.4, -0.2) is 27.0 Å². The zero-order valence-corrected chi connectivity index (χ0v) is 11.0. The van der Waals surface area contributed by atoms with E-state index in [4.69, 9.17) is 0 Å². The number of carbonyl (C=O) groups is 1. The van der Waals surface area contributed by atoms with Crippen molar-refractivity contribution >= 4 is 28.2 Å². The van der Waals surface area contributed by atoms with Crippen molar-refractivity contribution in [3.8, 4) is 0 Å². The SMILES string of the molecule is O=C(O)C(Nc1ccc2ncccc2c1[N+](=O)[O-])C1CC1. The minimum atomic E-state index is -0.988. The number of rotatable bonds is 5. The van der Waals surface area contributed by atoms with Gasteiger partial charge in [0.1, 0.15) is 11.7 Å². The van der Waals surface area contributed by atoms with E-state index in [1.165, 1.54) is 6.07 Å². The maximum atomic E-state index is 11.4. The molecule has 7 nitrogen and oxygen atoms in total. The summed E-state index contributed by atoms with van der Waals surface area (Å²) in [6.45, 7) is 0. The number of nitro groups is 1. The van der Waals surface area contributed by atoms with Crippen LogP contribution in [0.4, 0.5) is 11.4 Å². The minimum absolute atomic E-state index is 0.0340. The largest absolute Gasteiger partial charge is 0.480 e. The zero-order chi connectivity index (χ0) is 15.0. The molecule has 0 radical (unpaired) electrons. The Morgan fingerprint density at radius 1 is 1.43 bits per heavy atom. The number of pyridine rings is 1. The predicted octanol–water partition coefficient (Wildman–Crippen LogP) is 2.42. The van der Waals surface area contributed by atoms with Crippen LogP contribution in [0.15, 0.2) is 30.5 Å². The number of fused-ring (bicyclic) bond motifs is 1. The van der Waals surface area contributed by atoms with Gasteiger partial charge in [0.2, 0.25) is 0 Å². The second-order valence-electron chi connectivity index (χ2n) is 5.09. The van der Waals surface area contributed by atoms with Crippen molar-refractivity contribution in [1.82, 2.24) is 4.98 Å². The van der Waals surface area contributed by atoms with Crippen LogP contribution >= 0.6 is 0 Å². The lowest BCUT2D eigenvalue weighted by Crippen LogP contribution is -2.31. The van der Waals surface area contributed by atoms with Gasteiger partial charge in [0.05, 0.1) is 15.8 Å². The molecule has 21 heavy (non-hydrogen) atoms. The molecule has 0 aliphatic heterocycles. The average Bonchev–Trinajstić information content (AvgIpc) is 3.27. The molecule has 0 bridgehead atoms. The smallest absolute Gasteiger partial charge is 0.326 e. The van der Waals surface area contributed by atoms with E-state index in [2.05, 4.69) is 10.3 Å². The van der Waals surface area contributed by atoms with Gasteiger partial charge in [-0.05, 0) is 43.0 Å². The summed E-state index contributed by atoms with van der Waals surface area (Å²) >= 11 is 0. The first-order valence-electron chi connectivity index (χ1n) is 6.59. The molecule has 2 N–H and O–H groups in total. The van der Waals surface area contributed by atoms with Gasteiger partial charge in [0, 0.05) is 6.20 Å². The highest BCUT2D eigenvalue weighted by atomic mass is 16.6. The summed E-state index contributed by atoms with van der Waals surface area (Å²) in [4.78, 5) is 26.2. The number of nitrogens with one attached hydrogen (secondary N) is 1. The zero-order valence-electron chi connectivity index (χ0n) is 11.0. The highest BCUT2D eigenvalue weighted by Gasteiger charge is 2.37. The third-order valence-electron chi connectivity index (χ3n) is 3.61. The summed E-state index contributed by atoms with van der Waals surface area (Å²) in [7, 11) is 0. The van der Waals surface area contributed by atoms with Crippen molar-refractivity contribution in [3.63, 3.8) is 0 Å². The molecule has 1 saturated carbocycles. The Balaban J connectivity index is 2.07. The van der Waals surface area contributed by atoms with E-state index < -0.39 is 16.9 Å². The molecule has 1 fully saturated rings. The van der Waals surface area contributed by atoms with E-state index in [9.17, 15) is 20.0 Å². The summed E-state index contributed by atoms with van der Waals surface area (Å²) in [6.07, 6.45) is 3.21. The number of hydrogen-bond donors (Lipinski definition) is 2. The number of hydrogen-bond acceptors (Lipinski definition) is 5. The number of benzene rings is 1. The third-order valence-corrected chi connectivity index (χ3v) is 3.61. The Bertz CT molecular complexity index is 727. The van der Waals surface area contributed by atoms with Gasteiger partial charge in [-0.15, -0.1) is 0 Å². The number of nitrogens with zero attached hydrogens (tertiary/aromatic N) is 2. The first-order chi connectivity index (χ1) is 10.1. The Labute approximate surface area is 119 Å². The molecule has 2 aromatic rings. The number of carboxylic acid groups (broad SMARTS) is 1. The summed E-state index contributed by atoms with van der Waals surface area (Å²) in [5.41, 5.74) is 0.598. The van der Waals surface area contributed by atoms with E-state index in [-0.39, 0.29) is 17.3 Å². The fraction of sp³-hybridized carbons (Fsp3) is 0.286. The van der Waals surface area contributed by atoms with Crippen molar-refractivity contribution < 1.29 is 14.8 Å². The Morgan fingerprint density at radius 2 is 2.19 bits per heavy atom. The normalized spacial score (nSPS) is 15.6. The van der Waals surface area contributed by atoms with Gasteiger partial charge >= 0.3 is 11.7 Å². The standard InChI is InChI=1S/C14H13N3O4/c18-14(19)12(8-3-4-8)16-11-6-5-10-9(2-1-7-15-10)13(11)17(20)21/h1-2,5-8,12,16H,3-4H2,(H,18,19). The molecule has 1 aromatic heterocycles. The molecule has 7 heteroatoms. The minimum Gasteiger partial charge on any atom is -0.480 e. The van der Waals surface area contributed by atoms with Crippen molar-refractivity contribution in [2.24, 2.45) is 5.92 Å². The van der Waals surface area contributed by atoms with Gasteiger partial charge in [0.25, 0.3) is 0 Å². The van der Waals surface area contributed by atoms with Crippen LogP contribution in [0.25, 0.3) is 10.9 Å². The molecular formula is C14H13N3O4. The van der Waals surface area contributed by atoms with Crippen LogP contribution < -0.4 is 5.32 Å². The Hall–Kier alpha value is -2.70. The summed E-state index contributed by atoms with van der Waals surface area (Å²) in [5.74, 6) is -0.954. The monoisotopic (exact) mass is 287 g/mol. The van der Waals surface area contributed by atoms with Crippen molar-refractivity contribution in [2.75, 3.05) is 5.32 Å². The lowest BCUT2D eigenvalue weighted by Gasteiger charge is -2.15. The first kappa shape index (κ1) is 13.3. The molecule has 3 rings (SSSR count). The van der Waals surface area contributed by atoms with Crippen LogP contribution in [0.2, 0.25) is 0 Å². The van der Waals surface area contributed by atoms with Crippen LogP contribution in [0.3, 0.4) is 0 Å². The second-order valence-corrected chi connectivity index (χ2v) is 5.09. The summed E-state index contributed by atoms with van der Waals surface area (Å²) in [5, 5.41) is 23.8. The molecule has 1 atom stereocenters. The molecule has 1 aliphatic carbocycles. The van der Waals surface area contributed by atoms with Crippen LogP contribution in [-0.2, 0) is 4.79 Å². The number of nitro benzene ring substituents is 1. The van der Waals surface area contributed by atoms with E-state index in [0.717, 1.165) is 12.8 Å². The van der Waals surface area contributed by atoms with Gasteiger partial charge in [-0.3, -0.25) is 15.1 Å². The maximum Gasteiger partial charge on any atom is 0.326 e. The maximum absolute atomic E-state index is 11.4. The topological polar surface area (TPSA) is 105 Å². The van der Waals surface area contributed by atoms with Gasteiger partial charge in [-0.2, -0.15) is 0 Å². The average molecular weight is 287 g/mol. The first-order valence-corrected chi connectivity index (χ1v) is 6.59. The summed E-state index contributed by atoms with van der Waals surface area (Å²) in [6, 6.07) is 5.60. The van der Waals surface area contributed by atoms with E-state index >= 15 is 0 Å². The van der Waals surface area contributed by atoms with Crippen molar-refractivity contribution in [1.29, 1.82) is 0 Å². The van der Waals surface area contributed by atoms with Gasteiger partial charge in [-0.1, -0.05) is 0 Å². The van der Waals surface area contributed by atoms with Crippen LogP contribution in [0.1, 0.15) is 12.8 Å². The lowest BCUT2D eigenvalue weighted by atomic mass is 10.1. The number of aliphatic carboxylic acids is 1. The number of anilines is 1. The second kappa shape index (κ2) is 5.01. The fourth-order valence-corrected chi connectivity index (χ4v) is 2.43. The lowest BCUT2D eigenvalue weighted by molar-refractivity contribution is -0.382. The molecule has 0 saturated heterocycles. The van der Waals surface area contributed by atoms with E-state index in [1.807, 2.05) is 0 Å². The molecule has 0 amide bonds. The molecule has 108 valence electrons. The molecule has 1 heterocycles. The van der Waals surface area contributed by atoms with Gasteiger partial charge < -0.3 is 10.4 Å². The number of carboxylic acids is 1. The highest BCUT2D eigenvalue weighted by molar-refractivity contribution is 5.95. The summed E-state index contributed by atoms with van der Waals surface area (Å²) < 4.78 is 0. The Kier molecular flexibility index (Phi) is 3.17. The van der Waals surface area contributed by atoms with Crippen molar-refractivity contribution in [3.05, 3.63) is 40.6 Å². The fourth-order valence-electron chi connectivity index (χ4n) is 2.43. The van der Waals surface area contributed by atoms with E-state index in [1.54, 1.807) is 24.4 Å². The molecular weight excluding hydrogens is 274 g/mol. The van der Waals surface area contributed by atoms with E-state index in [0.29, 0.717) is 10.9 Å². The molecule has 1 unspecified atom stereocenters. The van der Waals surface area contributed by atoms with Crippen LogP contribution in [0, 0.1) is 16.0 Å². The molecule has 1 aromatic carbocycles. The predicted molar refractivity (Wildman–Crippen MR) is 76.2 cm³/mol. The highest BCUT2D eigenvalue weighted by Crippen LogP contribution is 2.38.